The van der Waals surface area contributed by atoms with Gasteiger partial charge in [-0.05, 0) is 55.7 Å². The van der Waals surface area contributed by atoms with Crippen LogP contribution in [0.5, 0.6) is 5.75 Å². The van der Waals surface area contributed by atoms with Gasteiger partial charge in [-0.1, -0.05) is 37.3 Å². The number of aliphatic hydroxyl groups is 1. The van der Waals surface area contributed by atoms with Crippen molar-refractivity contribution in [3.05, 3.63) is 79.9 Å². The summed E-state index contributed by atoms with van der Waals surface area (Å²) in [5.74, 6) is -1.15. The number of fused-ring (bicyclic) bond motifs is 1. The third-order valence-corrected chi connectivity index (χ3v) is 10.9. The fourth-order valence-electron chi connectivity index (χ4n) is 7.06. The molecule has 42 heavy (non-hydrogen) atoms. The van der Waals surface area contributed by atoms with Gasteiger partial charge in [0.25, 0.3) is 5.91 Å². The van der Waals surface area contributed by atoms with Crippen LogP contribution in [0.15, 0.2) is 79.9 Å². The van der Waals surface area contributed by atoms with Crippen LogP contribution in [0.25, 0.3) is 0 Å². The minimum atomic E-state index is -0.827. The van der Waals surface area contributed by atoms with E-state index < -0.39 is 28.7 Å². The van der Waals surface area contributed by atoms with Crippen molar-refractivity contribution in [2.24, 2.45) is 11.8 Å². The lowest BCUT2D eigenvalue weighted by Gasteiger charge is -2.39. The quantitative estimate of drug-likeness (QED) is 0.372. The molecule has 2 aromatic rings. The van der Waals surface area contributed by atoms with Crippen LogP contribution in [0, 0.1) is 11.8 Å². The summed E-state index contributed by atoms with van der Waals surface area (Å²) < 4.78 is 4.54. The summed E-state index contributed by atoms with van der Waals surface area (Å²) in [7, 11) is 1.59. The standard InChI is InChI=1S/C33H39N3O5S/c1-5-19-34(23-11-9-8-10-12-23)30(38)27-26-17-18-33(42-26)28(27)31(39)36(22(7-3)21-37)29(33)32(40)35(20-6-2)24-13-15-25(41-4)16-14-24/h5-6,8-16,22,26-29,37H,1-2,7,17-21H2,3-4H3/t22-,26+,27-,28-,29?,33?/m0/s1. The smallest absolute Gasteiger partial charge is 0.251 e. The Balaban J connectivity index is 1.58. The molecular formula is C33H39N3O5S. The van der Waals surface area contributed by atoms with Crippen LogP contribution >= 0.6 is 11.8 Å². The second-order valence-corrected chi connectivity index (χ2v) is 12.7. The van der Waals surface area contributed by atoms with E-state index in [2.05, 4.69) is 13.2 Å². The van der Waals surface area contributed by atoms with Crippen LogP contribution < -0.4 is 14.5 Å². The lowest BCUT2D eigenvalue weighted by Crippen LogP contribution is -2.57. The molecule has 2 aromatic carbocycles. The first-order valence-electron chi connectivity index (χ1n) is 14.5. The van der Waals surface area contributed by atoms with Gasteiger partial charge in [0.1, 0.15) is 11.8 Å². The van der Waals surface area contributed by atoms with E-state index in [1.165, 1.54) is 0 Å². The fraction of sp³-hybridized carbons (Fsp3) is 0.424. The van der Waals surface area contributed by atoms with E-state index in [1.54, 1.807) is 57.9 Å². The molecule has 0 saturated carbocycles. The normalized spacial score (nSPS) is 26.5. The number of nitrogens with zero attached hydrogens (tertiary/aromatic N) is 3. The summed E-state index contributed by atoms with van der Waals surface area (Å²) in [5.41, 5.74) is 1.41. The lowest BCUT2D eigenvalue weighted by atomic mass is 9.70. The number of carbonyl (C=O) groups excluding carboxylic acids is 3. The molecule has 3 saturated heterocycles. The first-order valence-corrected chi connectivity index (χ1v) is 15.4. The Kier molecular flexibility index (Phi) is 8.80. The first kappa shape index (κ1) is 29.9. The maximum absolute atomic E-state index is 14.7. The second kappa shape index (κ2) is 12.4. The minimum absolute atomic E-state index is 0.0806. The van der Waals surface area contributed by atoms with Crippen LogP contribution in [-0.2, 0) is 14.4 Å². The van der Waals surface area contributed by atoms with Gasteiger partial charge < -0.3 is 24.5 Å². The van der Waals surface area contributed by atoms with Crippen molar-refractivity contribution in [2.45, 2.75) is 48.3 Å². The summed E-state index contributed by atoms with van der Waals surface area (Å²) in [6.45, 7) is 9.95. The number of thioether (sulfide) groups is 1. The van der Waals surface area contributed by atoms with Crippen molar-refractivity contribution in [1.29, 1.82) is 0 Å². The van der Waals surface area contributed by atoms with Gasteiger partial charge >= 0.3 is 0 Å². The third-order valence-electron chi connectivity index (χ3n) is 8.94. The van der Waals surface area contributed by atoms with E-state index in [0.29, 0.717) is 30.8 Å². The highest BCUT2D eigenvalue weighted by atomic mass is 32.2. The van der Waals surface area contributed by atoms with Gasteiger partial charge in [0, 0.05) is 29.7 Å². The van der Waals surface area contributed by atoms with Crippen molar-refractivity contribution >= 4 is 40.9 Å². The third kappa shape index (κ3) is 4.82. The Bertz CT molecular complexity index is 1330. The predicted octanol–water partition coefficient (Wildman–Crippen LogP) is 4.30. The summed E-state index contributed by atoms with van der Waals surface area (Å²) >= 11 is 1.62. The molecular weight excluding hydrogens is 550 g/mol. The Hall–Kier alpha value is -3.56. The van der Waals surface area contributed by atoms with E-state index >= 15 is 0 Å². The van der Waals surface area contributed by atoms with Gasteiger partial charge in [0.15, 0.2) is 0 Å². The van der Waals surface area contributed by atoms with E-state index in [4.69, 9.17) is 4.74 Å². The Morgan fingerprint density at radius 3 is 2.26 bits per heavy atom. The molecule has 3 fully saturated rings. The Labute approximate surface area is 252 Å². The van der Waals surface area contributed by atoms with Gasteiger partial charge in [0.05, 0.1) is 36.3 Å². The molecule has 222 valence electrons. The molecule has 3 amide bonds. The molecule has 1 spiro atoms. The molecule has 0 radical (unpaired) electrons. The predicted molar refractivity (Wildman–Crippen MR) is 167 cm³/mol. The molecule has 5 rings (SSSR count). The average molecular weight is 590 g/mol. The van der Waals surface area contributed by atoms with E-state index in [-0.39, 0.29) is 36.1 Å². The zero-order chi connectivity index (χ0) is 30.0. The number of methoxy groups -OCH3 is 1. The Morgan fingerprint density at radius 2 is 1.69 bits per heavy atom. The highest BCUT2D eigenvalue weighted by Crippen LogP contribution is 2.67. The van der Waals surface area contributed by atoms with Crippen LogP contribution in [0.1, 0.15) is 26.2 Å². The maximum atomic E-state index is 14.7. The number of hydrogen-bond donors (Lipinski definition) is 1. The van der Waals surface area contributed by atoms with Gasteiger partial charge in [-0.15, -0.1) is 24.9 Å². The summed E-state index contributed by atoms with van der Waals surface area (Å²) in [5, 5.41) is 10.3. The largest absolute Gasteiger partial charge is 0.497 e. The lowest BCUT2D eigenvalue weighted by molar-refractivity contribution is -0.141. The van der Waals surface area contributed by atoms with E-state index in [1.807, 2.05) is 49.4 Å². The van der Waals surface area contributed by atoms with Crippen molar-refractivity contribution in [2.75, 3.05) is 36.6 Å². The molecule has 3 aliphatic rings. The second-order valence-electron chi connectivity index (χ2n) is 11.1. The summed E-state index contributed by atoms with van der Waals surface area (Å²) in [4.78, 5) is 48.5. The number of ether oxygens (including phenoxy) is 1. The number of carbonyl (C=O) groups is 3. The molecule has 6 atom stereocenters. The van der Waals surface area contributed by atoms with Crippen molar-refractivity contribution in [1.82, 2.24) is 4.90 Å². The van der Waals surface area contributed by atoms with Crippen LogP contribution in [0.3, 0.4) is 0 Å². The molecule has 0 aromatic heterocycles. The molecule has 3 heterocycles. The molecule has 0 aliphatic carbocycles. The molecule has 2 bridgehead atoms. The number of aliphatic hydroxyl groups excluding tert-OH is 1. The number of para-hydroxylation sites is 1. The zero-order valence-corrected chi connectivity index (χ0v) is 25.0. The summed E-state index contributed by atoms with van der Waals surface area (Å²) in [6.07, 6.45) is 5.23. The first-order chi connectivity index (χ1) is 20.4. The zero-order valence-electron chi connectivity index (χ0n) is 24.2. The number of hydrogen-bond acceptors (Lipinski definition) is 6. The highest BCUT2D eigenvalue weighted by Gasteiger charge is 2.74. The van der Waals surface area contributed by atoms with E-state index in [0.717, 1.165) is 12.1 Å². The van der Waals surface area contributed by atoms with Gasteiger partial charge in [0.2, 0.25) is 11.8 Å². The van der Waals surface area contributed by atoms with Crippen molar-refractivity contribution < 1.29 is 24.2 Å². The summed E-state index contributed by atoms with van der Waals surface area (Å²) in [6, 6.07) is 15.3. The molecule has 9 heteroatoms. The van der Waals surface area contributed by atoms with Gasteiger partial charge in [-0.3, -0.25) is 14.4 Å². The topological polar surface area (TPSA) is 90.4 Å². The number of benzene rings is 2. The van der Waals surface area contributed by atoms with Crippen LogP contribution in [0.2, 0.25) is 0 Å². The monoisotopic (exact) mass is 589 g/mol. The fourth-order valence-corrected chi connectivity index (χ4v) is 9.25. The SMILES string of the molecule is C=CCN(C(=O)C1N([C@@H](CC)CO)C(=O)[C@@H]2[C@@H](C(=O)N(CC=C)c3ccccc3)[C@H]3CCC12S3)c1ccc(OC)cc1. The number of likely N-dealkylation sites (tertiary alicyclic amines) is 1. The molecule has 3 aliphatic heterocycles. The average Bonchev–Trinajstić information content (AvgIpc) is 3.67. The number of anilines is 2. The van der Waals surface area contributed by atoms with Gasteiger partial charge in [-0.25, -0.2) is 0 Å². The minimum Gasteiger partial charge on any atom is -0.497 e. The number of rotatable bonds is 12. The molecule has 2 unspecified atom stereocenters. The maximum Gasteiger partial charge on any atom is 0.251 e. The Morgan fingerprint density at radius 1 is 1.07 bits per heavy atom. The highest BCUT2D eigenvalue weighted by molar-refractivity contribution is 8.02. The molecule has 8 nitrogen and oxygen atoms in total. The van der Waals surface area contributed by atoms with Crippen molar-refractivity contribution in [3.63, 3.8) is 0 Å². The van der Waals surface area contributed by atoms with Crippen molar-refractivity contribution in [3.8, 4) is 5.75 Å². The number of amides is 3. The van der Waals surface area contributed by atoms with Crippen LogP contribution in [-0.4, -0.2) is 76.6 Å². The van der Waals surface area contributed by atoms with Gasteiger partial charge in [-0.2, -0.15) is 0 Å². The molecule has 1 N–H and O–H groups in total. The van der Waals surface area contributed by atoms with Crippen LogP contribution in [0.4, 0.5) is 11.4 Å². The van der Waals surface area contributed by atoms with E-state index in [9.17, 15) is 19.5 Å².